The van der Waals surface area contributed by atoms with Crippen molar-refractivity contribution in [3.05, 3.63) is 71.8 Å². The average Bonchev–Trinajstić information content (AvgIpc) is 3.06. The molecule has 0 bridgehead atoms. The number of hydrogen-bond donors (Lipinski definition) is 5. The number of benzene rings is 2. The number of rotatable bonds is 12. The molecule has 2 fully saturated rings. The van der Waals surface area contributed by atoms with Crippen molar-refractivity contribution in [2.75, 3.05) is 19.3 Å². The van der Waals surface area contributed by atoms with E-state index in [0.29, 0.717) is 30.4 Å². The summed E-state index contributed by atoms with van der Waals surface area (Å²) in [7, 11) is -3.86. The summed E-state index contributed by atoms with van der Waals surface area (Å²) >= 11 is 5.41. The molecule has 11 nitrogen and oxygen atoms in total. The van der Waals surface area contributed by atoms with Gasteiger partial charge in [-0.25, -0.2) is 8.42 Å². The van der Waals surface area contributed by atoms with Crippen LogP contribution in [-0.2, 0) is 25.8 Å². The first-order valence-electron chi connectivity index (χ1n) is 17.8. The molecule has 13 heteroatoms. The number of aliphatic hydroxyl groups excluding tert-OH is 1. The van der Waals surface area contributed by atoms with Crippen molar-refractivity contribution < 1.29 is 27.9 Å². The highest BCUT2D eigenvalue weighted by molar-refractivity contribution is 7.92. The van der Waals surface area contributed by atoms with Gasteiger partial charge in [0.25, 0.3) is 5.91 Å². The van der Waals surface area contributed by atoms with Gasteiger partial charge in [0.2, 0.25) is 11.8 Å². The minimum absolute atomic E-state index is 0.0763. The number of hydrogen-bond acceptors (Lipinski definition) is 8. The second-order valence-corrected chi connectivity index (χ2v) is 18.7. The van der Waals surface area contributed by atoms with Crippen molar-refractivity contribution in [3.8, 4) is 0 Å². The van der Waals surface area contributed by atoms with Crippen molar-refractivity contribution in [2.45, 2.75) is 108 Å². The van der Waals surface area contributed by atoms with E-state index >= 15 is 0 Å². The Hall–Kier alpha value is -3.39. The fourth-order valence-electron chi connectivity index (χ4n) is 7.11. The first-order valence-corrected chi connectivity index (χ1v) is 20.1. The van der Waals surface area contributed by atoms with Gasteiger partial charge in [-0.15, -0.1) is 0 Å². The fourth-order valence-corrected chi connectivity index (χ4v) is 7.92. The highest BCUT2D eigenvalue weighted by atomic mass is 32.2. The number of fused-ring (bicyclic) bond motifs is 1. The number of carbonyl (C=O) groups is 3. The Morgan fingerprint density at radius 3 is 2.10 bits per heavy atom. The van der Waals surface area contributed by atoms with E-state index in [1.54, 1.807) is 30.3 Å². The number of nitrogens with one attached hydrogen (secondary N) is 4. The first-order chi connectivity index (χ1) is 23.9. The molecule has 2 aliphatic rings. The molecule has 1 aliphatic carbocycles. The molecule has 3 amide bonds. The van der Waals surface area contributed by atoms with Gasteiger partial charge in [0, 0.05) is 30.4 Å². The Morgan fingerprint density at radius 1 is 0.922 bits per heavy atom. The number of carbonyl (C=O) groups excluding carboxylic acids is 3. The largest absolute Gasteiger partial charge is 0.390 e. The molecule has 4 rings (SSSR count). The molecule has 1 saturated carbocycles. The molecule has 6 atom stereocenters. The number of likely N-dealkylation sites (tertiary alicyclic amines) is 1. The lowest BCUT2D eigenvalue weighted by Crippen LogP contribution is -2.65. The predicted octanol–water partition coefficient (Wildman–Crippen LogP) is 3.37. The summed E-state index contributed by atoms with van der Waals surface area (Å²) in [6, 6.07) is 15.0. The van der Waals surface area contributed by atoms with E-state index < -0.39 is 56.2 Å². The molecule has 1 aliphatic heterocycles. The van der Waals surface area contributed by atoms with Crippen LogP contribution in [0.15, 0.2) is 60.7 Å². The van der Waals surface area contributed by atoms with Crippen LogP contribution in [0.25, 0.3) is 0 Å². The lowest BCUT2D eigenvalue weighted by atomic mass is 9.72. The van der Waals surface area contributed by atoms with Gasteiger partial charge in [-0.1, -0.05) is 67.8 Å². The number of sulfone groups is 1. The van der Waals surface area contributed by atoms with Crippen molar-refractivity contribution in [1.82, 2.24) is 26.2 Å². The van der Waals surface area contributed by atoms with Gasteiger partial charge >= 0.3 is 0 Å². The van der Waals surface area contributed by atoms with E-state index in [4.69, 9.17) is 12.2 Å². The van der Waals surface area contributed by atoms with Crippen LogP contribution in [0.3, 0.4) is 0 Å². The summed E-state index contributed by atoms with van der Waals surface area (Å²) in [6.45, 7) is 9.46. The van der Waals surface area contributed by atoms with Crippen molar-refractivity contribution in [1.29, 1.82) is 0 Å². The Morgan fingerprint density at radius 2 is 1.51 bits per heavy atom. The summed E-state index contributed by atoms with van der Waals surface area (Å²) in [4.78, 5) is 42.8. The zero-order chi connectivity index (χ0) is 37.6. The second kappa shape index (κ2) is 17.0. The Bertz CT molecular complexity index is 1630. The molecule has 1 saturated heterocycles. The van der Waals surface area contributed by atoms with Crippen molar-refractivity contribution >= 4 is 44.9 Å². The smallest absolute Gasteiger partial charge is 0.257 e. The number of aliphatic hydroxyl groups is 1. The lowest BCUT2D eigenvalue weighted by molar-refractivity contribution is -0.133. The first kappa shape index (κ1) is 40.4. The molecule has 5 N–H and O–H groups in total. The van der Waals surface area contributed by atoms with Crippen LogP contribution < -0.4 is 21.3 Å². The van der Waals surface area contributed by atoms with Crippen LogP contribution in [-0.4, -0.2) is 95.1 Å². The topological polar surface area (TPSA) is 157 Å². The number of amides is 3. The maximum absolute atomic E-state index is 14.2. The second-order valence-electron chi connectivity index (χ2n) is 15.7. The van der Waals surface area contributed by atoms with Gasteiger partial charge in [-0.05, 0) is 95.6 Å². The molecular weight excluding hydrogens is 687 g/mol. The number of thiocarbonyl (C=S) groups is 1. The highest BCUT2D eigenvalue weighted by Crippen LogP contribution is 2.39. The molecule has 0 radical (unpaired) electrons. The molecule has 51 heavy (non-hydrogen) atoms. The minimum atomic E-state index is -3.86. The van der Waals surface area contributed by atoms with E-state index in [0.717, 1.165) is 37.5 Å². The van der Waals surface area contributed by atoms with Gasteiger partial charge < -0.3 is 21.1 Å². The molecule has 1 heterocycles. The Labute approximate surface area is 308 Å². The normalized spacial score (nSPS) is 21.7. The third-order valence-electron chi connectivity index (χ3n) is 10.3. The average molecular weight is 742 g/mol. The van der Waals surface area contributed by atoms with E-state index in [2.05, 4.69) is 26.2 Å². The standard InChI is InChI=1S/C38H55N5O6S2/c1-37(2,3)42-34(46)30-22-27-19-13-14-20-28(27)23-43(30)24-31(44)29(21-25-15-9-7-10-16-25)39-35(47)32(38(4,5)51(6,48)49)40-36(50)41-33(45)26-17-11-8-12-18-26/h7-12,15-18,27-32,44H,13-14,19-24H2,1-6H3,(H,39,47)(H,42,46)(H2,40,41,45,50)/t27-,28+,29?,30?,31?,32+/m0/s1. The SMILES string of the molecule is CC(C)(C)NC(=O)C1C[C@@H]2CCCC[C@@H]2CN1CC(O)C(Cc1ccccc1)NC(=O)[C@@H](NC(=S)NC(=O)c1ccccc1)C(C)(C)S(C)(=O)=O. The highest BCUT2D eigenvalue weighted by Gasteiger charge is 2.46. The zero-order valence-corrected chi connectivity index (χ0v) is 32.3. The molecule has 0 aromatic heterocycles. The van der Waals surface area contributed by atoms with Crippen molar-refractivity contribution in [2.24, 2.45) is 11.8 Å². The van der Waals surface area contributed by atoms with Crippen LogP contribution >= 0.6 is 12.2 Å². The Kier molecular flexibility index (Phi) is 13.4. The zero-order valence-electron chi connectivity index (χ0n) is 30.6. The van der Waals surface area contributed by atoms with Crippen LogP contribution in [0.4, 0.5) is 0 Å². The summed E-state index contributed by atoms with van der Waals surface area (Å²) in [5.41, 5.74) is 0.764. The molecular formula is C38H55N5O6S2. The van der Waals surface area contributed by atoms with Gasteiger partial charge in [0.05, 0.1) is 22.9 Å². The maximum atomic E-state index is 14.2. The summed E-state index contributed by atoms with van der Waals surface area (Å²) in [5.74, 6) is -0.446. The Balaban J connectivity index is 1.60. The lowest BCUT2D eigenvalue weighted by Gasteiger charge is -2.47. The van der Waals surface area contributed by atoms with Crippen LogP contribution in [0.5, 0.6) is 0 Å². The van der Waals surface area contributed by atoms with Gasteiger partial charge in [0.1, 0.15) is 6.04 Å². The third kappa shape index (κ3) is 11.1. The van der Waals surface area contributed by atoms with Gasteiger partial charge in [-0.2, -0.15) is 0 Å². The van der Waals surface area contributed by atoms with Crippen LogP contribution in [0, 0.1) is 11.8 Å². The van der Waals surface area contributed by atoms with Crippen LogP contribution in [0.1, 0.15) is 82.6 Å². The van der Waals surface area contributed by atoms with Gasteiger partial charge in [-0.3, -0.25) is 24.6 Å². The van der Waals surface area contributed by atoms with E-state index in [1.807, 2.05) is 51.1 Å². The minimum Gasteiger partial charge on any atom is -0.390 e. The molecule has 2 aromatic rings. The van der Waals surface area contributed by atoms with E-state index in [9.17, 15) is 27.9 Å². The third-order valence-corrected chi connectivity index (χ3v) is 12.6. The van der Waals surface area contributed by atoms with E-state index in [1.165, 1.54) is 13.8 Å². The quantitative estimate of drug-likeness (QED) is 0.206. The van der Waals surface area contributed by atoms with Gasteiger partial charge in [0.15, 0.2) is 14.9 Å². The van der Waals surface area contributed by atoms with E-state index in [-0.39, 0.29) is 24.0 Å². The number of piperidine rings is 1. The molecule has 0 spiro atoms. The molecule has 3 unspecified atom stereocenters. The monoisotopic (exact) mass is 741 g/mol. The number of nitrogens with zero attached hydrogens (tertiary/aromatic N) is 1. The summed E-state index contributed by atoms with van der Waals surface area (Å²) in [6.07, 6.45) is 5.32. The summed E-state index contributed by atoms with van der Waals surface area (Å²) < 4.78 is 24.5. The molecule has 2 aromatic carbocycles. The summed E-state index contributed by atoms with van der Waals surface area (Å²) in [5, 5.41) is 23.2. The number of β-amino-alcohol motifs (C(OH)–C–C–N with tert-alkyl or cyclic N) is 1. The predicted molar refractivity (Wildman–Crippen MR) is 204 cm³/mol. The molecule has 280 valence electrons. The van der Waals surface area contributed by atoms with Crippen molar-refractivity contribution in [3.63, 3.8) is 0 Å². The maximum Gasteiger partial charge on any atom is 0.257 e. The fraction of sp³-hybridized carbons (Fsp3) is 0.579. The van der Waals surface area contributed by atoms with Crippen LogP contribution in [0.2, 0.25) is 0 Å².